The number of hydrogen-bond donors (Lipinski definition) is 0. The van der Waals surface area contributed by atoms with Crippen molar-refractivity contribution in [1.82, 2.24) is 0 Å². The number of alkyl halides is 24. The molecule has 7 aromatic rings. The summed E-state index contributed by atoms with van der Waals surface area (Å²) < 4.78 is 356. The predicted octanol–water partition coefficient (Wildman–Crippen LogP) is 14.9. The quantitative estimate of drug-likeness (QED) is 0.0643. The Morgan fingerprint density at radius 3 is 0.848 bits per heavy atom. The van der Waals surface area contributed by atoms with Crippen molar-refractivity contribution in [2.75, 3.05) is 0 Å². The molecule has 0 bridgehead atoms. The van der Waals surface area contributed by atoms with Crippen LogP contribution in [0, 0.1) is 5.82 Å². The molecule has 2 nitrogen and oxygen atoms in total. The summed E-state index contributed by atoms with van der Waals surface area (Å²) in [5, 5.41) is 0. The standard InChI is InChI=1S/C32H12BF24.C19H15FNO/c34-25(35,36)13-1-14(26(37,38)39)6-21(5-13)33(22-7-15(27(40,41)42)2-16(8-22)28(43,44)45,23-9-17(29(46,47)48)3-18(10-23)30(49,50)51)24-11-19(31(52,53)54)4-20(12-24)32(55,56)57;20-18-9-5-4-8-17(18)15-10-12-21(13-11-15)14-19(22)16-6-2-1-3-7-16/h1-12H;1-13H,14H2/q-1;+1. The predicted molar refractivity (Wildman–Crippen MR) is 233 cm³/mol. The molecule has 7 rings (SSSR count). The number of benzene rings is 6. The molecule has 420 valence electrons. The first-order valence-corrected chi connectivity index (χ1v) is 21.7. The molecule has 1 heterocycles. The maximum absolute atomic E-state index is 14.2. The maximum atomic E-state index is 14.2. The highest BCUT2D eigenvalue weighted by Gasteiger charge is 2.47. The normalized spacial score (nSPS) is 13.2. The second kappa shape index (κ2) is 21.3. The highest BCUT2D eigenvalue weighted by atomic mass is 19.4. The second-order valence-electron chi connectivity index (χ2n) is 17.3. The fourth-order valence-corrected chi connectivity index (χ4v) is 8.39. The summed E-state index contributed by atoms with van der Waals surface area (Å²) in [5.74, 6) is -0.204. The lowest BCUT2D eigenvalue weighted by atomic mass is 9.12. The van der Waals surface area contributed by atoms with Crippen molar-refractivity contribution in [1.29, 1.82) is 0 Å². The van der Waals surface area contributed by atoms with Gasteiger partial charge in [0, 0.05) is 23.3 Å². The van der Waals surface area contributed by atoms with Crippen molar-refractivity contribution in [2.45, 2.75) is 56.0 Å². The zero-order chi connectivity index (χ0) is 59.3. The Hall–Kier alpha value is -7.55. The van der Waals surface area contributed by atoms with Gasteiger partial charge in [-0.1, -0.05) is 97.1 Å². The van der Waals surface area contributed by atoms with Crippen LogP contribution in [0.15, 0.2) is 152 Å². The number of ketones is 1. The lowest BCUT2D eigenvalue weighted by Gasteiger charge is -2.46. The minimum absolute atomic E-state index is 0.0456. The number of pyridine rings is 1. The van der Waals surface area contributed by atoms with Crippen molar-refractivity contribution in [3.8, 4) is 11.1 Å². The lowest BCUT2D eigenvalue weighted by molar-refractivity contribution is -0.683. The molecule has 0 aliphatic carbocycles. The third-order valence-corrected chi connectivity index (χ3v) is 11.9. The third kappa shape index (κ3) is 14.0. The summed E-state index contributed by atoms with van der Waals surface area (Å²) in [7, 11) is 0. The van der Waals surface area contributed by atoms with Crippen molar-refractivity contribution >= 4 is 33.8 Å². The average Bonchev–Trinajstić information content (AvgIpc) is 3.34. The number of aromatic nitrogens is 1. The maximum Gasteiger partial charge on any atom is 0.416 e. The van der Waals surface area contributed by atoms with Gasteiger partial charge in [0.15, 0.2) is 12.4 Å². The summed E-state index contributed by atoms with van der Waals surface area (Å²) in [6.07, 6.45) is -51.2. The van der Waals surface area contributed by atoms with E-state index >= 15 is 0 Å². The van der Waals surface area contributed by atoms with Crippen LogP contribution in [0.1, 0.15) is 54.9 Å². The van der Waals surface area contributed by atoms with Gasteiger partial charge in [-0.25, -0.2) is 4.39 Å². The Bertz CT molecular complexity index is 2890. The molecule has 0 fully saturated rings. The van der Waals surface area contributed by atoms with E-state index < -0.39 is 195 Å². The molecule has 0 amide bonds. The van der Waals surface area contributed by atoms with Gasteiger partial charge in [-0.2, -0.15) is 132 Å². The number of halogens is 25. The van der Waals surface area contributed by atoms with Gasteiger partial charge in [0.25, 0.3) is 0 Å². The Morgan fingerprint density at radius 2 is 0.595 bits per heavy atom. The summed E-state index contributed by atoms with van der Waals surface area (Å²) in [6, 6.07) is 10.7. The number of rotatable bonds is 8. The van der Waals surface area contributed by atoms with Crippen LogP contribution in [-0.2, 0) is 56.0 Å². The molecule has 0 saturated heterocycles. The van der Waals surface area contributed by atoms with Crippen LogP contribution in [0.2, 0.25) is 0 Å². The van der Waals surface area contributed by atoms with Gasteiger partial charge in [-0.05, 0) is 35.9 Å². The van der Waals surface area contributed by atoms with Gasteiger partial charge < -0.3 is 0 Å². The summed E-state index contributed by atoms with van der Waals surface area (Å²) >= 11 is 0. The SMILES string of the molecule is FC(F)(F)c1cc([B-](c2cc(C(F)(F)F)cc(C(F)(F)F)c2)(c2cc(C(F)(F)F)cc(C(F)(F)F)c2)c2cc(C(F)(F)F)cc(C(F)(F)F)c2)cc(C(F)(F)F)c1.O=C(C[n+]1ccc(-c2ccccc2F)cc1)c1ccccc1. The molecule has 0 saturated carbocycles. The molecule has 6 aromatic carbocycles. The monoisotopic (exact) mass is 1160 g/mol. The van der Waals surface area contributed by atoms with E-state index in [0.717, 1.165) is 5.56 Å². The summed E-state index contributed by atoms with van der Waals surface area (Å²) in [5.41, 5.74) is -28.2. The minimum Gasteiger partial charge on any atom is -0.287 e. The molecule has 1 aromatic heterocycles. The van der Waals surface area contributed by atoms with Crippen molar-refractivity contribution < 1.29 is 119 Å². The van der Waals surface area contributed by atoms with Crippen LogP contribution in [0.3, 0.4) is 0 Å². The summed E-state index contributed by atoms with van der Waals surface area (Å²) in [4.78, 5) is 12.1. The molecular weight excluding hydrogens is 1130 g/mol. The van der Waals surface area contributed by atoms with Crippen molar-refractivity contribution in [3.63, 3.8) is 0 Å². The fourth-order valence-electron chi connectivity index (χ4n) is 8.39. The van der Waals surface area contributed by atoms with Gasteiger partial charge in [-0.15, -0.1) is 0 Å². The van der Waals surface area contributed by atoms with Crippen LogP contribution in [0.5, 0.6) is 0 Å². The highest BCUT2D eigenvalue weighted by molar-refractivity contribution is 7.20. The number of Topliss-reactive ketones (excluding diaryl/α,β-unsaturated/α-hetero) is 1. The molecule has 0 N–H and O–H groups in total. The molecule has 0 spiro atoms. The van der Waals surface area contributed by atoms with Gasteiger partial charge in [0.2, 0.25) is 12.3 Å². The van der Waals surface area contributed by atoms with E-state index in [-0.39, 0.29) is 18.1 Å². The minimum atomic E-state index is -6.13. The Morgan fingerprint density at radius 1 is 0.342 bits per heavy atom. The summed E-state index contributed by atoms with van der Waals surface area (Å²) in [6.45, 7) is 0.265. The first-order chi connectivity index (χ1) is 36.0. The molecule has 0 radical (unpaired) electrons. The Kier molecular flexibility index (Phi) is 16.3. The molecule has 0 aliphatic heterocycles. The Balaban J connectivity index is 0.000000378. The van der Waals surface area contributed by atoms with Gasteiger partial charge in [-0.3, -0.25) is 4.79 Å². The fraction of sp³-hybridized carbons (Fsp3) is 0.176. The zero-order valence-electron chi connectivity index (χ0n) is 38.5. The molecule has 79 heavy (non-hydrogen) atoms. The second-order valence-corrected chi connectivity index (χ2v) is 17.3. The Labute approximate surface area is 427 Å². The molecular formula is C51H27BF25NO. The van der Waals surface area contributed by atoms with E-state index in [1.165, 1.54) is 6.07 Å². The van der Waals surface area contributed by atoms with Gasteiger partial charge in [0.05, 0.1) is 44.5 Å². The van der Waals surface area contributed by atoms with Crippen LogP contribution < -0.4 is 26.4 Å². The molecule has 0 atom stereocenters. The van der Waals surface area contributed by atoms with Crippen LogP contribution >= 0.6 is 0 Å². The van der Waals surface area contributed by atoms with Crippen LogP contribution in [-0.4, -0.2) is 11.9 Å². The lowest BCUT2D eigenvalue weighted by Crippen LogP contribution is -2.75. The third-order valence-electron chi connectivity index (χ3n) is 11.9. The van der Waals surface area contributed by atoms with Crippen LogP contribution in [0.4, 0.5) is 110 Å². The average molecular weight is 1160 g/mol. The largest absolute Gasteiger partial charge is 0.416 e. The van der Waals surface area contributed by atoms with Gasteiger partial charge in [0.1, 0.15) is 12.0 Å². The number of hydrogen-bond acceptors (Lipinski definition) is 1. The van der Waals surface area contributed by atoms with E-state index in [1.807, 2.05) is 30.3 Å². The number of nitrogens with zero attached hydrogens (tertiary/aromatic N) is 1. The smallest absolute Gasteiger partial charge is 0.287 e. The van der Waals surface area contributed by atoms with Crippen molar-refractivity contribution in [2.24, 2.45) is 0 Å². The molecule has 28 heteroatoms. The number of carbonyl (C=O) groups is 1. The van der Waals surface area contributed by atoms with Crippen molar-refractivity contribution in [3.05, 3.63) is 208 Å². The first kappa shape index (κ1) is 60.7. The van der Waals surface area contributed by atoms with E-state index in [2.05, 4.69) is 0 Å². The van der Waals surface area contributed by atoms with E-state index in [9.17, 15) is 115 Å². The topological polar surface area (TPSA) is 20.9 Å². The van der Waals surface area contributed by atoms with E-state index in [0.29, 0.717) is 11.1 Å². The first-order valence-electron chi connectivity index (χ1n) is 21.7. The van der Waals surface area contributed by atoms with E-state index in [4.69, 9.17) is 0 Å². The highest BCUT2D eigenvalue weighted by Crippen LogP contribution is 2.41. The molecule has 0 aliphatic rings. The van der Waals surface area contributed by atoms with Gasteiger partial charge >= 0.3 is 49.4 Å². The van der Waals surface area contributed by atoms with E-state index in [1.54, 1.807) is 47.3 Å². The number of carbonyl (C=O) groups excluding carboxylic acids is 1. The van der Waals surface area contributed by atoms with Crippen LogP contribution in [0.25, 0.3) is 11.1 Å². The zero-order valence-corrected chi connectivity index (χ0v) is 38.5. The molecule has 0 unspecified atom stereocenters.